The van der Waals surface area contributed by atoms with Crippen molar-refractivity contribution in [2.45, 2.75) is 12.2 Å². The maximum absolute atomic E-state index is 10.6. The number of hydrogen-bond donors (Lipinski definition) is 4. The Hall–Kier alpha value is -2.10. The molecule has 0 bridgehead atoms. The molecule has 0 aliphatic heterocycles. The van der Waals surface area contributed by atoms with Crippen molar-refractivity contribution < 1.29 is 25.2 Å². The minimum absolute atomic E-state index is 0.156. The minimum atomic E-state index is -1.73. The molecule has 6 nitrogen and oxygen atoms in total. The third kappa shape index (κ3) is 2.28. The summed E-state index contributed by atoms with van der Waals surface area (Å²) in [6.45, 7) is 0. The number of hydrogen-bond acceptors (Lipinski definition) is 5. The zero-order valence-corrected chi connectivity index (χ0v) is 8.03. The molecule has 4 N–H and O–H groups in total. The summed E-state index contributed by atoms with van der Waals surface area (Å²) in [5.41, 5.74) is -0.356. The van der Waals surface area contributed by atoms with Gasteiger partial charge in [-0.3, -0.25) is 0 Å². The molecule has 0 saturated heterocycles. The van der Waals surface area contributed by atoms with Crippen LogP contribution in [0, 0.1) is 11.3 Å². The lowest BCUT2D eigenvalue weighted by Gasteiger charge is -2.13. The summed E-state index contributed by atoms with van der Waals surface area (Å²) >= 11 is 0. The molecule has 1 rings (SSSR count). The van der Waals surface area contributed by atoms with E-state index in [1.165, 1.54) is 6.07 Å². The van der Waals surface area contributed by atoms with Crippen LogP contribution in [0.2, 0.25) is 0 Å². The predicted molar refractivity (Wildman–Crippen MR) is 51.6 cm³/mol. The van der Waals surface area contributed by atoms with E-state index in [9.17, 15) is 15.0 Å². The number of aromatic hydroxyl groups is 1. The Morgan fingerprint density at radius 2 is 2.00 bits per heavy atom. The summed E-state index contributed by atoms with van der Waals surface area (Å²) in [7, 11) is 0. The van der Waals surface area contributed by atoms with Crippen molar-refractivity contribution in [1.82, 2.24) is 0 Å². The molecule has 0 saturated carbocycles. The second-order valence-electron chi connectivity index (χ2n) is 3.10. The van der Waals surface area contributed by atoms with Crippen LogP contribution in [0.1, 0.15) is 22.0 Å². The summed E-state index contributed by atoms with van der Waals surface area (Å²) in [5, 5.41) is 44.9. The van der Waals surface area contributed by atoms with E-state index >= 15 is 0 Å². The Kier molecular flexibility index (Phi) is 3.45. The smallest absolute Gasteiger partial charge is 0.335 e. The van der Waals surface area contributed by atoms with E-state index in [0.29, 0.717) is 0 Å². The molecule has 16 heavy (non-hydrogen) atoms. The maximum Gasteiger partial charge on any atom is 0.335 e. The lowest BCUT2D eigenvalue weighted by atomic mass is 10.0. The fourth-order valence-corrected chi connectivity index (χ4v) is 1.17. The quantitative estimate of drug-likeness (QED) is 0.535. The van der Waals surface area contributed by atoms with E-state index in [-0.39, 0.29) is 16.9 Å². The number of phenolic OH excluding ortho intramolecular Hbond substituents is 1. The van der Waals surface area contributed by atoms with E-state index in [1.807, 2.05) is 0 Å². The van der Waals surface area contributed by atoms with Gasteiger partial charge in [0.25, 0.3) is 0 Å². The molecule has 2 atom stereocenters. The summed E-state index contributed by atoms with van der Waals surface area (Å²) in [6.07, 6.45) is -3.38. The first-order chi connectivity index (χ1) is 7.47. The number of benzene rings is 1. The van der Waals surface area contributed by atoms with E-state index in [2.05, 4.69) is 0 Å². The third-order valence-corrected chi connectivity index (χ3v) is 2.02. The minimum Gasteiger partial charge on any atom is -0.508 e. The molecular formula is C10H9NO5. The topological polar surface area (TPSA) is 122 Å². The zero-order chi connectivity index (χ0) is 12.3. The highest BCUT2D eigenvalue weighted by Gasteiger charge is 2.22. The standard InChI is InChI=1S/C10H9NO5/c11-4-8(13)9(14)6-3-5(10(15)16)1-2-7(6)12/h1-3,8-9,12-14H,(H,15,16). The first kappa shape index (κ1) is 12.0. The molecular weight excluding hydrogens is 214 g/mol. The van der Waals surface area contributed by atoms with Gasteiger partial charge < -0.3 is 20.4 Å². The van der Waals surface area contributed by atoms with E-state index in [4.69, 9.17) is 15.5 Å². The second kappa shape index (κ2) is 4.61. The summed E-state index contributed by atoms with van der Waals surface area (Å²) in [5.74, 6) is -1.62. The number of aromatic carboxylic acids is 1. The van der Waals surface area contributed by atoms with Crippen molar-refractivity contribution in [2.75, 3.05) is 0 Å². The Morgan fingerprint density at radius 1 is 1.38 bits per heavy atom. The average molecular weight is 223 g/mol. The maximum atomic E-state index is 10.6. The fraction of sp³-hybridized carbons (Fsp3) is 0.200. The molecule has 1 aromatic rings. The number of carboxylic acid groups (broad SMARTS) is 1. The van der Waals surface area contributed by atoms with Crippen molar-refractivity contribution in [3.8, 4) is 11.8 Å². The lowest BCUT2D eigenvalue weighted by molar-refractivity contribution is 0.0509. The summed E-state index contributed by atoms with van der Waals surface area (Å²) in [4.78, 5) is 10.6. The molecule has 0 aromatic heterocycles. The molecule has 0 amide bonds. The average Bonchev–Trinajstić information content (AvgIpc) is 2.27. The molecule has 6 heteroatoms. The first-order valence-corrected chi connectivity index (χ1v) is 4.29. The first-order valence-electron chi connectivity index (χ1n) is 4.29. The number of nitriles is 1. The van der Waals surface area contributed by atoms with Gasteiger partial charge >= 0.3 is 5.97 Å². The van der Waals surface area contributed by atoms with Crippen molar-refractivity contribution in [1.29, 1.82) is 5.26 Å². The van der Waals surface area contributed by atoms with Crippen molar-refractivity contribution >= 4 is 5.97 Å². The molecule has 84 valence electrons. The van der Waals surface area contributed by atoms with Gasteiger partial charge in [-0.15, -0.1) is 0 Å². The van der Waals surface area contributed by atoms with Crippen LogP contribution in [0.25, 0.3) is 0 Å². The Morgan fingerprint density at radius 3 is 2.50 bits per heavy atom. The summed E-state index contributed by atoms with van der Waals surface area (Å²) in [6, 6.07) is 4.61. The largest absolute Gasteiger partial charge is 0.508 e. The highest BCUT2D eigenvalue weighted by molar-refractivity contribution is 5.88. The number of phenols is 1. The van der Waals surface area contributed by atoms with Gasteiger partial charge in [0, 0.05) is 5.56 Å². The number of carbonyl (C=O) groups is 1. The van der Waals surface area contributed by atoms with Gasteiger partial charge in [0.15, 0.2) is 6.10 Å². The molecule has 0 spiro atoms. The van der Waals surface area contributed by atoms with Gasteiger partial charge in [0.2, 0.25) is 0 Å². The van der Waals surface area contributed by atoms with Crippen LogP contribution in [0.5, 0.6) is 5.75 Å². The Balaban J connectivity index is 3.17. The van der Waals surface area contributed by atoms with Crippen molar-refractivity contribution in [2.24, 2.45) is 0 Å². The summed E-state index contributed by atoms with van der Waals surface area (Å²) < 4.78 is 0. The molecule has 1 aromatic carbocycles. The number of aliphatic hydroxyl groups excluding tert-OH is 2. The van der Waals surface area contributed by atoms with Crippen LogP contribution in [-0.4, -0.2) is 32.5 Å². The molecule has 0 radical (unpaired) electrons. The molecule has 0 aliphatic carbocycles. The van der Waals surface area contributed by atoms with Gasteiger partial charge in [-0.05, 0) is 18.2 Å². The predicted octanol–water partition coefficient (Wildman–Crippen LogP) is 0.00828. The molecule has 0 aliphatic rings. The van der Waals surface area contributed by atoms with Gasteiger partial charge in [-0.25, -0.2) is 4.79 Å². The molecule has 0 heterocycles. The van der Waals surface area contributed by atoms with Crippen LogP contribution in [0.3, 0.4) is 0 Å². The highest BCUT2D eigenvalue weighted by Crippen LogP contribution is 2.27. The second-order valence-corrected chi connectivity index (χ2v) is 3.10. The number of aliphatic hydroxyl groups is 2. The fourth-order valence-electron chi connectivity index (χ4n) is 1.17. The lowest BCUT2D eigenvalue weighted by Crippen LogP contribution is -2.16. The van der Waals surface area contributed by atoms with Gasteiger partial charge in [0.05, 0.1) is 11.6 Å². The SMILES string of the molecule is N#CC(O)C(O)c1cc(C(=O)O)ccc1O. The van der Waals surface area contributed by atoms with E-state index in [1.54, 1.807) is 0 Å². The Labute approximate surface area is 90.6 Å². The number of nitrogens with zero attached hydrogens (tertiary/aromatic N) is 1. The van der Waals surface area contributed by atoms with Crippen LogP contribution >= 0.6 is 0 Å². The van der Waals surface area contributed by atoms with Gasteiger partial charge in [-0.1, -0.05) is 0 Å². The van der Waals surface area contributed by atoms with Gasteiger partial charge in [0.1, 0.15) is 11.9 Å². The third-order valence-electron chi connectivity index (χ3n) is 2.02. The number of carboxylic acids is 1. The van der Waals surface area contributed by atoms with Crippen LogP contribution in [0.4, 0.5) is 0 Å². The highest BCUT2D eigenvalue weighted by atomic mass is 16.4. The van der Waals surface area contributed by atoms with Crippen LogP contribution in [-0.2, 0) is 0 Å². The van der Waals surface area contributed by atoms with Gasteiger partial charge in [-0.2, -0.15) is 5.26 Å². The zero-order valence-electron chi connectivity index (χ0n) is 8.03. The Bertz CT molecular complexity index is 451. The van der Waals surface area contributed by atoms with Crippen molar-refractivity contribution in [3.05, 3.63) is 29.3 Å². The van der Waals surface area contributed by atoms with E-state index in [0.717, 1.165) is 18.2 Å². The monoisotopic (exact) mass is 223 g/mol. The van der Waals surface area contributed by atoms with Crippen LogP contribution < -0.4 is 0 Å². The van der Waals surface area contributed by atoms with Crippen LogP contribution in [0.15, 0.2) is 18.2 Å². The molecule has 0 fully saturated rings. The van der Waals surface area contributed by atoms with E-state index < -0.39 is 18.2 Å². The normalized spacial score (nSPS) is 13.8. The number of rotatable bonds is 3. The molecule has 2 unspecified atom stereocenters. The van der Waals surface area contributed by atoms with Crippen molar-refractivity contribution in [3.63, 3.8) is 0 Å².